The average Bonchev–Trinajstić information content (AvgIpc) is 2.41. The van der Waals surface area contributed by atoms with Gasteiger partial charge in [-0.15, -0.1) is 24.8 Å². The van der Waals surface area contributed by atoms with Crippen molar-refractivity contribution in [3.8, 4) is 11.8 Å². The Kier molecular flexibility index (Phi) is 11.1. The van der Waals surface area contributed by atoms with Crippen LogP contribution in [-0.2, 0) is 0 Å². The molecule has 0 aromatic rings. The Morgan fingerprint density at radius 2 is 1.67 bits per heavy atom. The summed E-state index contributed by atoms with van der Waals surface area (Å²) in [5.74, 6) is 5.89. The fraction of sp³-hybridized carbons (Fsp3) is 0.750. The third-order valence-corrected chi connectivity index (χ3v) is 1.73. The molecule has 2 nitrogen and oxygen atoms in total. The number of rotatable bonds is 1. The van der Waals surface area contributed by atoms with E-state index >= 15 is 0 Å². The molecule has 0 aliphatic carbocycles. The van der Waals surface area contributed by atoms with Crippen LogP contribution in [0.1, 0.15) is 12.8 Å². The molecule has 0 unspecified atom stereocenters. The Morgan fingerprint density at radius 1 is 1.08 bits per heavy atom. The molecule has 1 aliphatic rings. The number of nitrogens with zero attached hydrogens (tertiary/aromatic N) is 1. The van der Waals surface area contributed by atoms with Crippen LogP contribution in [0, 0.1) is 11.8 Å². The van der Waals surface area contributed by atoms with Crippen molar-refractivity contribution in [2.45, 2.75) is 12.8 Å². The minimum Gasteiger partial charge on any atom is -0.320 e. The van der Waals surface area contributed by atoms with E-state index in [0.29, 0.717) is 6.54 Å². The Labute approximate surface area is 86.7 Å². The minimum absolute atomic E-state index is 0. The summed E-state index contributed by atoms with van der Waals surface area (Å²) < 4.78 is 0. The van der Waals surface area contributed by atoms with E-state index in [-0.39, 0.29) is 24.8 Å². The zero-order valence-corrected chi connectivity index (χ0v) is 8.72. The summed E-state index contributed by atoms with van der Waals surface area (Å²) >= 11 is 0. The first-order chi connectivity index (χ1) is 4.93. The van der Waals surface area contributed by atoms with Gasteiger partial charge in [-0.1, -0.05) is 11.8 Å². The summed E-state index contributed by atoms with van der Waals surface area (Å²) in [7, 11) is 0. The van der Waals surface area contributed by atoms with Crippen molar-refractivity contribution in [2.75, 3.05) is 26.2 Å². The van der Waals surface area contributed by atoms with Crippen molar-refractivity contribution < 1.29 is 0 Å². The average molecular weight is 211 g/mol. The van der Waals surface area contributed by atoms with E-state index in [4.69, 9.17) is 5.73 Å². The van der Waals surface area contributed by atoms with Crippen molar-refractivity contribution in [1.29, 1.82) is 0 Å². The largest absolute Gasteiger partial charge is 0.320 e. The van der Waals surface area contributed by atoms with Gasteiger partial charge in [0.05, 0.1) is 13.1 Å². The highest BCUT2D eigenvalue weighted by Crippen LogP contribution is 2.04. The lowest BCUT2D eigenvalue weighted by molar-refractivity contribution is 0.383. The van der Waals surface area contributed by atoms with Gasteiger partial charge in [0.25, 0.3) is 0 Å². The number of halogens is 2. The number of hydrogen-bond donors (Lipinski definition) is 1. The third-order valence-electron chi connectivity index (χ3n) is 1.73. The van der Waals surface area contributed by atoms with Gasteiger partial charge in [0.15, 0.2) is 0 Å². The van der Waals surface area contributed by atoms with E-state index < -0.39 is 0 Å². The SMILES string of the molecule is Cl.Cl.NCC#CCN1CCCC1. The van der Waals surface area contributed by atoms with Crippen LogP contribution in [0.25, 0.3) is 0 Å². The summed E-state index contributed by atoms with van der Waals surface area (Å²) in [5, 5.41) is 0. The Hall–Kier alpha value is 0.0600. The fourth-order valence-electron chi connectivity index (χ4n) is 1.18. The molecule has 1 heterocycles. The Morgan fingerprint density at radius 3 is 2.17 bits per heavy atom. The lowest BCUT2D eigenvalue weighted by Gasteiger charge is -2.08. The van der Waals surface area contributed by atoms with Gasteiger partial charge >= 0.3 is 0 Å². The number of nitrogens with two attached hydrogens (primary N) is 1. The third kappa shape index (κ3) is 5.68. The maximum atomic E-state index is 5.22. The molecule has 12 heavy (non-hydrogen) atoms. The van der Waals surface area contributed by atoms with Gasteiger partial charge in [0, 0.05) is 0 Å². The molecule has 0 saturated carbocycles. The lowest BCUT2D eigenvalue weighted by atomic mass is 10.4. The number of likely N-dealkylation sites (tertiary alicyclic amines) is 1. The molecule has 0 aromatic carbocycles. The van der Waals surface area contributed by atoms with Crippen LogP contribution < -0.4 is 5.73 Å². The molecule has 0 spiro atoms. The second-order valence-electron chi connectivity index (χ2n) is 2.54. The highest BCUT2D eigenvalue weighted by molar-refractivity contribution is 5.85. The van der Waals surface area contributed by atoms with Gasteiger partial charge in [-0.2, -0.15) is 0 Å². The zero-order chi connectivity index (χ0) is 7.23. The first-order valence-electron chi connectivity index (χ1n) is 3.81. The summed E-state index contributed by atoms with van der Waals surface area (Å²) in [6, 6.07) is 0. The second kappa shape index (κ2) is 9.15. The van der Waals surface area contributed by atoms with Gasteiger partial charge in [-0.25, -0.2) is 0 Å². The summed E-state index contributed by atoms with van der Waals surface area (Å²) in [6.45, 7) is 3.85. The molecule has 0 amide bonds. The summed E-state index contributed by atoms with van der Waals surface area (Å²) in [5.41, 5.74) is 5.22. The van der Waals surface area contributed by atoms with Crippen LogP contribution in [-0.4, -0.2) is 31.1 Å². The molecule has 0 bridgehead atoms. The van der Waals surface area contributed by atoms with E-state index in [1.807, 2.05) is 0 Å². The number of hydrogen-bond acceptors (Lipinski definition) is 2. The van der Waals surface area contributed by atoms with E-state index in [2.05, 4.69) is 16.7 Å². The predicted octanol–water partition coefficient (Wildman–Crippen LogP) is 0.888. The van der Waals surface area contributed by atoms with Gasteiger partial charge in [-0.3, -0.25) is 4.90 Å². The van der Waals surface area contributed by atoms with Crippen molar-refractivity contribution >= 4 is 24.8 Å². The van der Waals surface area contributed by atoms with E-state index in [9.17, 15) is 0 Å². The van der Waals surface area contributed by atoms with Crippen molar-refractivity contribution in [2.24, 2.45) is 5.73 Å². The van der Waals surface area contributed by atoms with Crippen LogP contribution >= 0.6 is 24.8 Å². The molecule has 1 aliphatic heterocycles. The molecule has 72 valence electrons. The molecule has 0 radical (unpaired) electrons. The van der Waals surface area contributed by atoms with Crippen molar-refractivity contribution in [1.82, 2.24) is 4.90 Å². The molecule has 1 saturated heterocycles. The normalized spacial score (nSPS) is 15.4. The molecule has 0 aromatic heterocycles. The standard InChI is InChI=1S/C8H14N2.2ClH/c9-5-1-2-6-10-7-3-4-8-10;;/h3-9H2;2*1H. The highest BCUT2D eigenvalue weighted by atomic mass is 35.5. The van der Waals surface area contributed by atoms with Crippen LogP contribution in [0.3, 0.4) is 0 Å². The smallest absolute Gasteiger partial charge is 0.0602 e. The van der Waals surface area contributed by atoms with Gasteiger partial charge in [0.2, 0.25) is 0 Å². The molecular formula is C8H16Cl2N2. The van der Waals surface area contributed by atoms with Gasteiger partial charge < -0.3 is 5.73 Å². The zero-order valence-electron chi connectivity index (χ0n) is 7.08. The first-order valence-corrected chi connectivity index (χ1v) is 3.81. The van der Waals surface area contributed by atoms with Crippen LogP contribution in [0.15, 0.2) is 0 Å². The molecule has 2 N–H and O–H groups in total. The van der Waals surface area contributed by atoms with Crippen molar-refractivity contribution in [3.05, 3.63) is 0 Å². The minimum atomic E-state index is 0. The molecular weight excluding hydrogens is 195 g/mol. The lowest BCUT2D eigenvalue weighted by Crippen LogP contribution is -2.19. The summed E-state index contributed by atoms with van der Waals surface area (Å²) in [6.07, 6.45) is 2.68. The molecule has 0 atom stereocenters. The molecule has 1 rings (SSSR count). The maximum Gasteiger partial charge on any atom is 0.0602 e. The predicted molar refractivity (Wildman–Crippen MR) is 57.0 cm³/mol. The van der Waals surface area contributed by atoms with Gasteiger partial charge in [0.1, 0.15) is 0 Å². The van der Waals surface area contributed by atoms with Crippen molar-refractivity contribution in [3.63, 3.8) is 0 Å². The van der Waals surface area contributed by atoms with E-state index in [1.165, 1.54) is 25.9 Å². The summed E-state index contributed by atoms with van der Waals surface area (Å²) in [4.78, 5) is 2.36. The maximum absolute atomic E-state index is 5.22. The first kappa shape index (κ1) is 14.6. The Bertz CT molecular complexity index is 145. The fourth-order valence-corrected chi connectivity index (χ4v) is 1.18. The van der Waals surface area contributed by atoms with Crippen LogP contribution in [0.5, 0.6) is 0 Å². The van der Waals surface area contributed by atoms with E-state index in [1.54, 1.807) is 0 Å². The highest BCUT2D eigenvalue weighted by Gasteiger charge is 2.08. The Balaban J connectivity index is 0. The van der Waals surface area contributed by atoms with Gasteiger partial charge in [-0.05, 0) is 25.9 Å². The van der Waals surface area contributed by atoms with Crippen LogP contribution in [0.2, 0.25) is 0 Å². The van der Waals surface area contributed by atoms with Crippen LogP contribution in [0.4, 0.5) is 0 Å². The second-order valence-corrected chi connectivity index (χ2v) is 2.54. The molecule has 1 fully saturated rings. The molecule has 4 heteroatoms. The van der Waals surface area contributed by atoms with E-state index in [0.717, 1.165) is 6.54 Å². The monoisotopic (exact) mass is 210 g/mol. The quantitative estimate of drug-likeness (QED) is 0.652. The topological polar surface area (TPSA) is 29.3 Å².